The summed E-state index contributed by atoms with van der Waals surface area (Å²) in [5.41, 5.74) is 0.457. The summed E-state index contributed by atoms with van der Waals surface area (Å²) < 4.78 is 27.0. The zero-order valence-corrected chi connectivity index (χ0v) is 14.0. The van der Waals surface area contributed by atoms with Gasteiger partial charge in [-0.1, -0.05) is 44.2 Å². The summed E-state index contributed by atoms with van der Waals surface area (Å²) >= 11 is 6.04. The van der Waals surface area contributed by atoms with Crippen LogP contribution in [0.5, 0.6) is 0 Å². The van der Waals surface area contributed by atoms with Gasteiger partial charge in [0.05, 0.1) is 11.6 Å². The van der Waals surface area contributed by atoms with Crippen molar-refractivity contribution in [2.75, 3.05) is 13.2 Å². The third kappa shape index (κ3) is 6.06. The normalized spacial score (nSPS) is 11.9. The Morgan fingerprint density at radius 1 is 1.33 bits per heavy atom. The Bertz CT molecular complexity index is 652. The van der Waals surface area contributed by atoms with Crippen LogP contribution in [0.1, 0.15) is 32.8 Å². The maximum Gasteiger partial charge on any atom is 0.242 e. The summed E-state index contributed by atoms with van der Waals surface area (Å²) in [4.78, 5) is 0.0427. The number of aliphatic hydroxyl groups is 1. The van der Waals surface area contributed by atoms with Crippen molar-refractivity contribution in [2.45, 2.75) is 32.1 Å². The van der Waals surface area contributed by atoms with Gasteiger partial charge in [0.15, 0.2) is 0 Å². The topological polar surface area (TPSA) is 66.4 Å². The van der Waals surface area contributed by atoms with E-state index in [-0.39, 0.29) is 21.9 Å². The lowest BCUT2D eigenvalue weighted by Gasteiger charge is -2.19. The van der Waals surface area contributed by atoms with Crippen molar-refractivity contribution in [3.05, 3.63) is 28.8 Å². The molecule has 4 nitrogen and oxygen atoms in total. The van der Waals surface area contributed by atoms with Gasteiger partial charge in [0.2, 0.25) is 10.0 Å². The molecule has 116 valence electrons. The van der Waals surface area contributed by atoms with Crippen LogP contribution in [0.2, 0.25) is 5.02 Å². The smallest absolute Gasteiger partial charge is 0.242 e. The second-order valence-electron chi connectivity index (χ2n) is 5.81. The molecule has 0 atom stereocenters. The van der Waals surface area contributed by atoms with Gasteiger partial charge in [-0.15, -0.1) is 0 Å². The molecular weight excluding hydrogens is 310 g/mol. The summed E-state index contributed by atoms with van der Waals surface area (Å²) in [6.45, 7) is 6.14. The van der Waals surface area contributed by atoms with Crippen molar-refractivity contribution in [3.63, 3.8) is 0 Å². The van der Waals surface area contributed by atoms with Gasteiger partial charge < -0.3 is 5.11 Å². The van der Waals surface area contributed by atoms with E-state index in [1.54, 1.807) is 6.07 Å². The van der Waals surface area contributed by atoms with E-state index in [0.717, 1.165) is 0 Å². The minimum absolute atomic E-state index is 0.0100. The van der Waals surface area contributed by atoms with Gasteiger partial charge in [0.1, 0.15) is 4.90 Å². The Labute approximate surface area is 131 Å². The summed E-state index contributed by atoms with van der Waals surface area (Å²) in [6.07, 6.45) is 0.366. The highest BCUT2D eigenvalue weighted by Crippen LogP contribution is 2.23. The van der Waals surface area contributed by atoms with E-state index < -0.39 is 10.0 Å². The van der Waals surface area contributed by atoms with E-state index in [4.69, 9.17) is 16.7 Å². The number of benzene rings is 1. The highest BCUT2D eigenvalue weighted by Gasteiger charge is 2.20. The number of hydrogen-bond acceptors (Lipinski definition) is 3. The lowest BCUT2D eigenvalue weighted by molar-refractivity contribution is 0.305. The Morgan fingerprint density at radius 3 is 2.52 bits per heavy atom. The van der Waals surface area contributed by atoms with Gasteiger partial charge >= 0.3 is 0 Å². The van der Waals surface area contributed by atoms with E-state index in [1.165, 1.54) is 12.1 Å². The second-order valence-corrected chi connectivity index (χ2v) is 7.95. The zero-order chi connectivity index (χ0) is 16.1. The fourth-order valence-electron chi connectivity index (χ4n) is 1.41. The van der Waals surface area contributed by atoms with Gasteiger partial charge in [0, 0.05) is 18.5 Å². The van der Waals surface area contributed by atoms with E-state index in [2.05, 4.69) is 16.6 Å². The first kappa shape index (κ1) is 18.0. The summed E-state index contributed by atoms with van der Waals surface area (Å²) in [7, 11) is -3.64. The number of aliphatic hydroxyl groups excluding tert-OH is 1. The van der Waals surface area contributed by atoms with Crippen LogP contribution in [0.15, 0.2) is 23.1 Å². The number of halogens is 1. The highest BCUT2D eigenvalue weighted by atomic mass is 35.5. The largest absolute Gasteiger partial charge is 0.395 e. The van der Waals surface area contributed by atoms with Crippen molar-refractivity contribution in [1.82, 2.24) is 4.72 Å². The molecule has 0 saturated heterocycles. The Morgan fingerprint density at radius 2 is 2.00 bits per heavy atom. The second kappa shape index (κ2) is 7.28. The predicted molar refractivity (Wildman–Crippen MR) is 84.7 cm³/mol. The fraction of sp³-hybridized carbons (Fsp3) is 0.467. The van der Waals surface area contributed by atoms with Crippen molar-refractivity contribution < 1.29 is 13.5 Å². The number of sulfonamides is 1. The first-order chi connectivity index (χ1) is 9.65. The molecule has 0 amide bonds. The van der Waals surface area contributed by atoms with E-state index in [9.17, 15) is 8.42 Å². The standard InChI is InChI=1S/C15H20ClNO3S/c1-15(2,3)11-17-21(19,20)14-8-7-12(10-13(14)16)6-4-5-9-18/h7-8,10,17-18H,5,9,11H2,1-3H3. The molecule has 1 rings (SSSR count). The molecule has 0 aliphatic rings. The highest BCUT2D eigenvalue weighted by molar-refractivity contribution is 7.89. The van der Waals surface area contributed by atoms with Gasteiger partial charge in [-0.3, -0.25) is 0 Å². The van der Waals surface area contributed by atoms with E-state index in [0.29, 0.717) is 18.5 Å². The number of hydrogen-bond donors (Lipinski definition) is 2. The zero-order valence-electron chi connectivity index (χ0n) is 12.4. The molecule has 0 aliphatic carbocycles. The molecule has 21 heavy (non-hydrogen) atoms. The molecule has 1 aromatic rings. The molecule has 0 aliphatic heterocycles. The van der Waals surface area contributed by atoms with Crippen LogP contribution >= 0.6 is 11.6 Å². The Balaban J connectivity index is 2.97. The van der Waals surface area contributed by atoms with E-state index in [1.807, 2.05) is 20.8 Å². The van der Waals surface area contributed by atoms with Gasteiger partial charge in [-0.05, 0) is 23.6 Å². The molecular formula is C15H20ClNO3S. The SMILES string of the molecule is CC(C)(C)CNS(=O)(=O)c1ccc(C#CCCO)cc1Cl. The molecule has 0 unspecified atom stereocenters. The van der Waals surface area contributed by atoms with Gasteiger partial charge in [-0.2, -0.15) is 0 Å². The molecule has 2 N–H and O–H groups in total. The van der Waals surface area contributed by atoms with Crippen LogP contribution in [-0.4, -0.2) is 26.7 Å². The quantitative estimate of drug-likeness (QED) is 0.834. The molecule has 0 fully saturated rings. The monoisotopic (exact) mass is 329 g/mol. The maximum atomic E-state index is 12.2. The summed E-state index contributed by atoms with van der Waals surface area (Å²) in [5, 5.41) is 8.79. The molecule has 0 saturated carbocycles. The minimum Gasteiger partial charge on any atom is -0.395 e. The van der Waals surface area contributed by atoms with Gasteiger partial charge in [0.25, 0.3) is 0 Å². The third-order valence-corrected chi connectivity index (χ3v) is 4.37. The minimum atomic E-state index is -3.64. The lowest BCUT2D eigenvalue weighted by Crippen LogP contribution is -2.32. The van der Waals surface area contributed by atoms with Gasteiger partial charge in [-0.25, -0.2) is 13.1 Å². The lowest BCUT2D eigenvalue weighted by atomic mass is 9.98. The average Bonchev–Trinajstić information content (AvgIpc) is 2.36. The molecule has 0 bridgehead atoms. The van der Waals surface area contributed by atoms with Crippen molar-refractivity contribution in [3.8, 4) is 11.8 Å². The maximum absolute atomic E-state index is 12.2. The molecule has 1 aromatic carbocycles. The molecule has 0 spiro atoms. The summed E-state index contributed by atoms with van der Waals surface area (Å²) in [6, 6.07) is 4.55. The number of rotatable bonds is 4. The van der Waals surface area contributed by atoms with Crippen LogP contribution < -0.4 is 4.72 Å². The molecule has 0 heterocycles. The van der Waals surface area contributed by atoms with Crippen LogP contribution in [0, 0.1) is 17.3 Å². The van der Waals surface area contributed by atoms with Crippen LogP contribution in [-0.2, 0) is 10.0 Å². The van der Waals surface area contributed by atoms with Crippen molar-refractivity contribution >= 4 is 21.6 Å². The van der Waals surface area contributed by atoms with Crippen molar-refractivity contribution in [2.24, 2.45) is 5.41 Å². The molecule has 6 heteroatoms. The average molecular weight is 330 g/mol. The third-order valence-electron chi connectivity index (χ3n) is 2.48. The van der Waals surface area contributed by atoms with Crippen molar-refractivity contribution in [1.29, 1.82) is 0 Å². The summed E-state index contributed by atoms with van der Waals surface area (Å²) in [5.74, 6) is 5.57. The Hall–Kier alpha value is -1.06. The molecule has 0 aromatic heterocycles. The molecule has 0 radical (unpaired) electrons. The van der Waals surface area contributed by atoms with Crippen LogP contribution in [0.4, 0.5) is 0 Å². The first-order valence-corrected chi connectivity index (χ1v) is 8.41. The van der Waals surface area contributed by atoms with Crippen LogP contribution in [0.25, 0.3) is 0 Å². The Kier molecular flexibility index (Phi) is 6.24. The predicted octanol–water partition coefficient (Wildman–Crippen LogP) is 2.40. The van der Waals surface area contributed by atoms with Crippen LogP contribution in [0.3, 0.4) is 0 Å². The first-order valence-electron chi connectivity index (χ1n) is 6.55. The van der Waals surface area contributed by atoms with E-state index >= 15 is 0 Å². The fourth-order valence-corrected chi connectivity index (χ4v) is 3.23. The number of nitrogens with one attached hydrogen (secondary N) is 1.